The molecule has 1 aliphatic rings. The first-order valence-corrected chi connectivity index (χ1v) is 12.2. The Balaban J connectivity index is 1.80. The molecule has 0 bridgehead atoms. The monoisotopic (exact) mass is 503 g/mol. The summed E-state index contributed by atoms with van der Waals surface area (Å²) in [5, 5.41) is 10.2. The van der Waals surface area contributed by atoms with E-state index in [-0.39, 0.29) is 22.2 Å². The summed E-state index contributed by atoms with van der Waals surface area (Å²) < 4.78 is 5.96. The Hall–Kier alpha value is -2.35. The number of benzene rings is 2. The number of hydrogen-bond donors (Lipinski definition) is 1. The highest BCUT2D eigenvalue weighted by Gasteiger charge is 2.40. The molecular formula is C25H26ClNO4S2. The van der Waals surface area contributed by atoms with E-state index in [1.165, 1.54) is 4.90 Å². The van der Waals surface area contributed by atoms with E-state index in [0.29, 0.717) is 22.1 Å². The van der Waals surface area contributed by atoms with Crippen LogP contribution in [0.4, 0.5) is 0 Å². The summed E-state index contributed by atoms with van der Waals surface area (Å²) in [6.45, 7) is 7.73. The molecule has 2 aromatic carbocycles. The summed E-state index contributed by atoms with van der Waals surface area (Å²) in [5.74, 6) is -0.651. The maximum Gasteiger partial charge on any atom is 0.326 e. The second-order valence-electron chi connectivity index (χ2n) is 8.47. The van der Waals surface area contributed by atoms with Gasteiger partial charge in [0.15, 0.2) is 0 Å². The number of carbonyl (C=O) groups excluding carboxylic acids is 1. The predicted molar refractivity (Wildman–Crippen MR) is 139 cm³/mol. The van der Waals surface area contributed by atoms with Gasteiger partial charge in [-0.25, -0.2) is 4.79 Å². The number of thioether (sulfide) groups is 1. The number of rotatable bonds is 8. The van der Waals surface area contributed by atoms with Crippen LogP contribution in [0, 0.1) is 5.92 Å². The van der Waals surface area contributed by atoms with Gasteiger partial charge < -0.3 is 9.84 Å². The summed E-state index contributed by atoms with van der Waals surface area (Å²) in [5.41, 5.74) is 2.74. The third-order valence-corrected chi connectivity index (χ3v) is 6.58. The molecule has 1 saturated heterocycles. The lowest BCUT2D eigenvalue weighted by molar-refractivity contribution is -0.145. The predicted octanol–water partition coefficient (Wildman–Crippen LogP) is 6.49. The molecule has 3 rings (SSSR count). The lowest BCUT2D eigenvalue weighted by Gasteiger charge is -2.24. The Bertz CT molecular complexity index is 1100. The lowest BCUT2D eigenvalue weighted by atomic mass is 10.0. The molecule has 0 aliphatic carbocycles. The largest absolute Gasteiger partial charge is 0.489 e. The molecule has 0 spiro atoms. The molecule has 2 aromatic rings. The number of carboxylic acids is 1. The van der Waals surface area contributed by atoms with Crippen molar-refractivity contribution in [3.8, 4) is 16.9 Å². The Labute approximate surface area is 208 Å². The van der Waals surface area contributed by atoms with Crippen LogP contribution in [-0.4, -0.2) is 38.3 Å². The number of carbonyl (C=O) groups is 2. The summed E-state index contributed by atoms with van der Waals surface area (Å²) in [6.07, 6.45) is 2.12. The average Bonchev–Trinajstić information content (AvgIpc) is 3.00. The SMILES string of the molecule is CC(C)C[C@@H](C(=O)O)N1C(=O)/C(=C\c2ccc(-c3ccc(OC(C)C)c(Cl)c3)cc2)SC1=S. The summed E-state index contributed by atoms with van der Waals surface area (Å²) in [4.78, 5) is 26.3. The Morgan fingerprint density at radius 1 is 1.15 bits per heavy atom. The van der Waals surface area contributed by atoms with E-state index in [1.54, 1.807) is 6.08 Å². The van der Waals surface area contributed by atoms with Crippen LogP contribution >= 0.6 is 35.6 Å². The van der Waals surface area contributed by atoms with E-state index < -0.39 is 12.0 Å². The van der Waals surface area contributed by atoms with Crippen molar-refractivity contribution < 1.29 is 19.4 Å². The molecule has 174 valence electrons. The molecule has 1 amide bonds. The number of halogens is 1. The van der Waals surface area contributed by atoms with Crippen molar-refractivity contribution in [2.24, 2.45) is 5.92 Å². The summed E-state index contributed by atoms with van der Waals surface area (Å²) in [6, 6.07) is 12.4. The molecule has 1 atom stereocenters. The summed E-state index contributed by atoms with van der Waals surface area (Å²) in [7, 11) is 0. The quantitative estimate of drug-likeness (QED) is 0.328. The molecule has 1 fully saturated rings. The van der Waals surface area contributed by atoms with Gasteiger partial charge in [0.25, 0.3) is 5.91 Å². The van der Waals surface area contributed by atoms with Gasteiger partial charge in [0.2, 0.25) is 0 Å². The van der Waals surface area contributed by atoms with Gasteiger partial charge in [-0.05, 0) is 61.1 Å². The first-order valence-electron chi connectivity index (χ1n) is 10.6. The van der Waals surface area contributed by atoms with Crippen LogP contribution < -0.4 is 4.74 Å². The first-order chi connectivity index (χ1) is 15.6. The molecule has 0 aromatic heterocycles. The summed E-state index contributed by atoms with van der Waals surface area (Å²) >= 11 is 12.8. The van der Waals surface area contributed by atoms with Crippen LogP contribution in [0.2, 0.25) is 5.02 Å². The van der Waals surface area contributed by atoms with Crippen LogP contribution in [-0.2, 0) is 9.59 Å². The minimum absolute atomic E-state index is 0.0387. The number of nitrogens with zero attached hydrogens (tertiary/aromatic N) is 1. The van der Waals surface area contributed by atoms with Crippen molar-refractivity contribution in [2.75, 3.05) is 0 Å². The zero-order valence-electron chi connectivity index (χ0n) is 18.9. The van der Waals surface area contributed by atoms with Gasteiger partial charge in [-0.3, -0.25) is 9.69 Å². The van der Waals surface area contributed by atoms with E-state index in [2.05, 4.69) is 0 Å². The first kappa shape index (κ1) is 25.3. The highest BCUT2D eigenvalue weighted by atomic mass is 35.5. The third-order valence-electron chi connectivity index (χ3n) is 4.95. The van der Waals surface area contributed by atoms with Gasteiger partial charge in [0.1, 0.15) is 16.1 Å². The fourth-order valence-electron chi connectivity index (χ4n) is 3.46. The standard InChI is InChI=1S/C25H26ClNO4S2/c1-14(2)11-20(24(29)30)27-23(28)22(33-25(27)32)12-16-5-7-17(8-6-16)18-9-10-21(19(26)13-18)31-15(3)4/h5-10,12-15,20H,11H2,1-4H3,(H,29,30)/b22-12+/t20-/m0/s1. The van der Waals surface area contributed by atoms with E-state index in [9.17, 15) is 14.7 Å². The van der Waals surface area contributed by atoms with Crippen LogP contribution in [0.1, 0.15) is 39.7 Å². The van der Waals surface area contributed by atoms with Crippen molar-refractivity contribution in [2.45, 2.75) is 46.3 Å². The Morgan fingerprint density at radius 2 is 1.79 bits per heavy atom. The van der Waals surface area contributed by atoms with Crippen LogP contribution in [0.3, 0.4) is 0 Å². The van der Waals surface area contributed by atoms with E-state index in [4.69, 9.17) is 28.6 Å². The Morgan fingerprint density at radius 3 is 2.33 bits per heavy atom. The number of ether oxygens (including phenoxy) is 1. The van der Waals surface area contributed by atoms with Gasteiger partial charge in [-0.2, -0.15) is 0 Å². The van der Waals surface area contributed by atoms with Gasteiger partial charge in [-0.1, -0.05) is 79.8 Å². The second kappa shape index (κ2) is 10.7. The maximum atomic E-state index is 12.9. The van der Waals surface area contributed by atoms with Gasteiger partial charge in [-0.15, -0.1) is 0 Å². The van der Waals surface area contributed by atoms with E-state index >= 15 is 0 Å². The number of aliphatic carboxylic acids is 1. The van der Waals surface area contributed by atoms with Crippen molar-refractivity contribution in [3.05, 3.63) is 58.0 Å². The van der Waals surface area contributed by atoms with Crippen LogP contribution in [0.15, 0.2) is 47.4 Å². The fourth-order valence-corrected chi connectivity index (χ4v) is 5.05. The zero-order chi connectivity index (χ0) is 24.3. The zero-order valence-corrected chi connectivity index (χ0v) is 21.3. The molecule has 0 unspecified atom stereocenters. The minimum atomic E-state index is -1.05. The molecule has 1 aliphatic heterocycles. The number of thiocarbonyl (C=S) groups is 1. The maximum absolute atomic E-state index is 12.9. The lowest BCUT2D eigenvalue weighted by Crippen LogP contribution is -2.44. The van der Waals surface area contributed by atoms with E-state index in [0.717, 1.165) is 28.5 Å². The van der Waals surface area contributed by atoms with Crippen molar-refractivity contribution in [1.29, 1.82) is 0 Å². The highest BCUT2D eigenvalue weighted by molar-refractivity contribution is 8.26. The molecule has 33 heavy (non-hydrogen) atoms. The minimum Gasteiger partial charge on any atom is -0.489 e. The van der Waals surface area contributed by atoms with Crippen LogP contribution in [0.25, 0.3) is 17.2 Å². The normalized spacial score (nSPS) is 16.2. The van der Waals surface area contributed by atoms with Crippen molar-refractivity contribution in [3.63, 3.8) is 0 Å². The van der Waals surface area contributed by atoms with Crippen molar-refractivity contribution in [1.82, 2.24) is 4.90 Å². The van der Waals surface area contributed by atoms with Gasteiger partial charge in [0, 0.05) is 0 Å². The smallest absolute Gasteiger partial charge is 0.326 e. The number of hydrogen-bond acceptors (Lipinski definition) is 5. The third kappa shape index (κ3) is 6.16. The van der Waals surface area contributed by atoms with E-state index in [1.807, 2.05) is 70.2 Å². The molecule has 1 N–H and O–H groups in total. The van der Waals surface area contributed by atoms with Crippen molar-refractivity contribution >= 4 is 57.9 Å². The van der Waals surface area contributed by atoms with Gasteiger partial charge >= 0.3 is 5.97 Å². The fraction of sp³-hybridized carbons (Fsp3) is 0.320. The number of carboxylic acid groups (broad SMARTS) is 1. The molecule has 0 radical (unpaired) electrons. The molecule has 5 nitrogen and oxygen atoms in total. The highest BCUT2D eigenvalue weighted by Crippen LogP contribution is 2.36. The van der Waals surface area contributed by atoms with Crippen LogP contribution in [0.5, 0.6) is 5.75 Å². The topological polar surface area (TPSA) is 66.8 Å². The second-order valence-corrected chi connectivity index (χ2v) is 10.6. The molecule has 1 heterocycles. The van der Waals surface area contributed by atoms with Gasteiger partial charge in [0.05, 0.1) is 16.0 Å². The molecule has 8 heteroatoms. The number of amides is 1. The molecule has 0 saturated carbocycles. The molecular weight excluding hydrogens is 478 g/mol. The average molecular weight is 504 g/mol. The Kier molecular flexibility index (Phi) is 8.21.